The van der Waals surface area contributed by atoms with E-state index in [2.05, 4.69) is 4.98 Å². The van der Waals surface area contributed by atoms with Gasteiger partial charge < -0.3 is 14.1 Å². The highest BCUT2D eigenvalue weighted by molar-refractivity contribution is 6.23. The van der Waals surface area contributed by atoms with E-state index in [0.29, 0.717) is 43.2 Å². The zero-order valence-electron chi connectivity index (χ0n) is 19.1. The molecule has 5 rings (SSSR count). The van der Waals surface area contributed by atoms with Crippen molar-refractivity contribution in [3.05, 3.63) is 48.5 Å². The molecule has 2 unspecified atom stereocenters. The van der Waals surface area contributed by atoms with Crippen LogP contribution in [0.25, 0.3) is 22.6 Å². The summed E-state index contributed by atoms with van der Waals surface area (Å²) < 4.78 is 11.5. The Morgan fingerprint density at radius 2 is 1.94 bits per heavy atom. The number of carbonyl (C=O) groups excluding carboxylic acids is 3. The lowest BCUT2D eigenvalue weighted by Crippen LogP contribution is -2.48. The average molecular weight is 462 g/mol. The molecule has 0 N–H and O–H groups in total. The fourth-order valence-electron chi connectivity index (χ4n) is 4.65. The van der Waals surface area contributed by atoms with Crippen LogP contribution in [0.2, 0.25) is 0 Å². The maximum Gasteiger partial charge on any atom is 0.257 e. The van der Waals surface area contributed by atoms with E-state index in [4.69, 9.17) is 9.15 Å². The molecule has 8 heteroatoms. The first-order valence-electron chi connectivity index (χ1n) is 11.8. The highest BCUT2D eigenvalue weighted by Gasteiger charge is 2.44. The van der Waals surface area contributed by atoms with Crippen molar-refractivity contribution in [3.8, 4) is 11.5 Å². The number of anilines is 1. The number of benzene rings is 2. The van der Waals surface area contributed by atoms with Crippen molar-refractivity contribution in [1.29, 1.82) is 0 Å². The van der Waals surface area contributed by atoms with Crippen LogP contribution in [0.4, 0.5) is 5.69 Å². The Morgan fingerprint density at radius 1 is 1.15 bits per heavy atom. The van der Waals surface area contributed by atoms with Gasteiger partial charge in [-0.05, 0) is 55.7 Å². The summed E-state index contributed by atoms with van der Waals surface area (Å²) in [5.74, 6) is -0.330. The molecule has 176 valence electrons. The van der Waals surface area contributed by atoms with Gasteiger partial charge in [-0.15, -0.1) is 0 Å². The molecule has 8 nitrogen and oxygen atoms in total. The van der Waals surface area contributed by atoms with Crippen LogP contribution < -0.4 is 4.90 Å². The van der Waals surface area contributed by atoms with Gasteiger partial charge in [-0.2, -0.15) is 0 Å². The molecule has 0 spiro atoms. The molecule has 3 amide bonds. The van der Waals surface area contributed by atoms with Crippen molar-refractivity contribution < 1.29 is 23.5 Å². The molecule has 0 radical (unpaired) electrons. The zero-order chi connectivity index (χ0) is 23.7. The van der Waals surface area contributed by atoms with Crippen molar-refractivity contribution in [3.63, 3.8) is 0 Å². The number of oxazole rings is 1. The number of carbonyl (C=O) groups is 3. The molecule has 2 aliphatic rings. The van der Waals surface area contributed by atoms with Crippen LogP contribution in [0.1, 0.15) is 39.0 Å². The van der Waals surface area contributed by atoms with E-state index in [0.717, 1.165) is 23.9 Å². The zero-order valence-corrected chi connectivity index (χ0v) is 19.1. The van der Waals surface area contributed by atoms with Crippen LogP contribution in [0.15, 0.2) is 52.9 Å². The van der Waals surface area contributed by atoms with Gasteiger partial charge in [-0.3, -0.25) is 14.4 Å². The molecule has 3 aromatic rings. The first-order valence-corrected chi connectivity index (χ1v) is 11.8. The van der Waals surface area contributed by atoms with Gasteiger partial charge >= 0.3 is 0 Å². The molecule has 0 bridgehead atoms. The lowest BCUT2D eigenvalue weighted by Gasteiger charge is -2.29. The van der Waals surface area contributed by atoms with E-state index in [1.54, 1.807) is 29.2 Å². The summed E-state index contributed by atoms with van der Waals surface area (Å²) in [5, 5.41) is 0. The number of amides is 3. The number of rotatable bonds is 7. The smallest absolute Gasteiger partial charge is 0.257 e. The van der Waals surface area contributed by atoms with Gasteiger partial charge in [0.1, 0.15) is 11.6 Å². The number of para-hydroxylation sites is 2. The van der Waals surface area contributed by atoms with Crippen molar-refractivity contribution in [2.24, 2.45) is 0 Å². The Bertz CT molecular complexity index is 1180. The third-order valence-electron chi connectivity index (χ3n) is 6.37. The first kappa shape index (κ1) is 22.3. The predicted molar refractivity (Wildman–Crippen MR) is 126 cm³/mol. The van der Waals surface area contributed by atoms with E-state index in [1.807, 2.05) is 31.2 Å². The van der Waals surface area contributed by atoms with Gasteiger partial charge in [0.15, 0.2) is 5.58 Å². The van der Waals surface area contributed by atoms with Gasteiger partial charge in [0.05, 0.1) is 18.2 Å². The van der Waals surface area contributed by atoms with E-state index in [9.17, 15) is 14.4 Å². The minimum atomic E-state index is -0.799. The summed E-state index contributed by atoms with van der Waals surface area (Å²) in [4.78, 5) is 46.3. The standard InChI is InChI=1S/C26H27N3O5/c1-2-6-23(30)28(16-19-7-5-14-33-19)21-15-24(31)29(26(21)32)18-12-10-17(11-13-18)25-27-20-8-3-4-9-22(20)34-25/h3-4,8-13,19,21H,2,5-7,14-16H2,1H3. The number of hydrogen-bond donors (Lipinski definition) is 0. The van der Waals surface area contributed by atoms with Crippen LogP contribution in [-0.2, 0) is 19.1 Å². The van der Waals surface area contributed by atoms with Gasteiger partial charge in [-0.25, -0.2) is 9.88 Å². The Hall–Kier alpha value is -3.52. The lowest BCUT2D eigenvalue weighted by molar-refractivity contribution is -0.140. The lowest BCUT2D eigenvalue weighted by atomic mass is 10.1. The third kappa shape index (κ3) is 4.21. The third-order valence-corrected chi connectivity index (χ3v) is 6.37. The summed E-state index contributed by atoms with van der Waals surface area (Å²) in [7, 11) is 0. The Kier molecular flexibility index (Phi) is 6.15. The molecule has 0 aliphatic carbocycles. The van der Waals surface area contributed by atoms with Gasteiger partial charge in [-0.1, -0.05) is 19.1 Å². The number of ether oxygens (including phenoxy) is 1. The summed E-state index contributed by atoms with van der Waals surface area (Å²) in [6.07, 6.45) is 2.70. The number of hydrogen-bond acceptors (Lipinski definition) is 6. The van der Waals surface area contributed by atoms with Crippen LogP contribution in [0, 0.1) is 0 Å². The molecule has 2 atom stereocenters. The Balaban J connectivity index is 1.36. The van der Waals surface area contributed by atoms with Crippen molar-refractivity contribution in [1.82, 2.24) is 9.88 Å². The van der Waals surface area contributed by atoms with Crippen LogP contribution in [0.5, 0.6) is 0 Å². The highest BCUT2D eigenvalue weighted by atomic mass is 16.5. The van der Waals surface area contributed by atoms with Crippen molar-refractivity contribution >= 4 is 34.5 Å². The minimum Gasteiger partial charge on any atom is -0.436 e. The van der Waals surface area contributed by atoms with Crippen LogP contribution >= 0.6 is 0 Å². The van der Waals surface area contributed by atoms with Gasteiger partial charge in [0.25, 0.3) is 5.91 Å². The van der Waals surface area contributed by atoms with Crippen LogP contribution in [-0.4, -0.2) is 52.9 Å². The predicted octanol–water partition coefficient (Wildman–Crippen LogP) is 3.93. The molecule has 34 heavy (non-hydrogen) atoms. The number of imide groups is 1. The average Bonchev–Trinajstić information content (AvgIpc) is 3.57. The fourth-order valence-corrected chi connectivity index (χ4v) is 4.65. The fraction of sp³-hybridized carbons (Fsp3) is 0.385. The topological polar surface area (TPSA) is 92.9 Å². The molecule has 2 saturated heterocycles. The number of fused-ring (bicyclic) bond motifs is 1. The largest absolute Gasteiger partial charge is 0.436 e. The molecule has 3 heterocycles. The van der Waals surface area contributed by atoms with Crippen molar-refractivity contribution in [2.75, 3.05) is 18.1 Å². The second kappa shape index (κ2) is 9.38. The Labute approximate surface area is 197 Å². The first-order chi connectivity index (χ1) is 16.5. The molecule has 2 fully saturated rings. The van der Waals surface area contributed by atoms with Crippen LogP contribution in [0.3, 0.4) is 0 Å². The second-order valence-electron chi connectivity index (χ2n) is 8.75. The SMILES string of the molecule is CCCC(=O)N(CC1CCCO1)C1CC(=O)N(c2ccc(-c3nc4ccccc4o3)cc2)C1=O. The quantitative estimate of drug-likeness (QED) is 0.495. The van der Waals surface area contributed by atoms with Gasteiger partial charge in [0.2, 0.25) is 17.7 Å². The van der Waals surface area contributed by atoms with Crippen molar-refractivity contribution in [2.45, 2.75) is 51.2 Å². The summed E-state index contributed by atoms with van der Waals surface area (Å²) in [6.45, 7) is 2.93. The van der Waals surface area contributed by atoms with E-state index >= 15 is 0 Å². The summed E-state index contributed by atoms with van der Waals surface area (Å²) in [5.41, 5.74) is 2.67. The van der Waals surface area contributed by atoms with E-state index in [1.165, 1.54) is 4.90 Å². The highest BCUT2D eigenvalue weighted by Crippen LogP contribution is 2.30. The minimum absolute atomic E-state index is 0.0200. The molecule has 1 aromatic heterocycles. The number of aromatic nitrogens is 1. The molecule has 0 saturated carbocycles. The maximum atomic E-state index is 13.4. The molecule has 2 aliphatic heterocycles. The maximum absolute atomic E-state index is 13.4. The summed E-state index contributed by atoms with van der Waals surface area (Å²) >= 11 is 0. The second-order valence-corrected chi connectivity index (χ2v) is 8.75. The van der Waals surface area contributed by atoms with Gasteiger partial charge in [0, 0.05) is 25.1 Å². The monoisotopic (exact) mass is 461 g/mol. The summed E-state index contributed by atoms with van der Waals surface area (Å²) in [6, 6.07) is 13.7. The normalized spacial score (nSPS) is 20.4. The molecule has 2 aromatic carbocycles. The van der Waals surface area contributed by atoms with E-state index in [-0.39, 0.29) is 30.2 Å². The Morgan fingerprint density at radius 3 is 2.65 bits per heavy atom. The molecular weight excluding hydrogens is 434 g/mol. The molecular formula is C26H27N3O5. The number of nitrogens with zero attached hydrogens (tertiary/aromatic N) is 3. The van der Waals surface area contributed by atoms with E-state index < -0.39 is 6.04 Å².